The first-order valence-electron chi connectivity index (χ1n) is 8.88. The quantitative estimate of drug-likeness (QED) is 0.691. The zero-order valence-electron chi connectivity index (χ0n) is 14.8. The lowest BCUT2D eigenvalue weighted by Gasteiger charge is -2.47. The van der Waals surface area contributed by atoms with E-state index < -0.39 is 11.8 Å². The van der Waals surface area contributed by atoms with Crippen molar-refractivity contribution in [2.24, 2.45) is 0 Å². The van der Waals surface area contributed by atoms with E-state index in [1.807, 2.05) is 4.90 Å². The van der Waals surface area contributed by atoms with Gasteiger partial charge in [-0.25, -0.2) is 4.98 Å². The Kier molecular flexibility index (Phi) is 3.78. The Morgan fingerprint density at radius 1 is 1.29 bits per heavy atom. The van der Waals surface area contributed by atoms with Crippen LogP contribution in [0.3, 0.4) is 0 Å². The third kappa shape index (κ3) is 2.62. The molecule has 1 aromatic carbocycles. The van der Waals surface area contributed by atoms with Crippen LogP contribution in [0.1, 0.15) is 18.9 Å². The van der Waals surface area contributed by atoms with Gasteiger partial charge in [0.05, 0.1) is 5.56 Å². The third-order valence-electron chi connectivity index (χ3n) is 5.46. The first-order chi connectivity index (χ1) is 13.2. The average Bonchev–Trinajstić information content (AvgIpc) is 3.29. The van der Waals surface area contributed by atoms with Crippen molar-refractivity contribution in [1.82, 2.24) is 15.3 Å². The molecule has 0 spiro atoms. The van der Waals surface area contributed by atoms with Crippen molar-refractivity contribution in [2.45, 2.75) is 37.2 Å². The van der Waals surface area contributed by atoms with Crippen LogP contribution in [0, 0.1) is 0 Å². The van der Waals surface area contributed by atoms with E-state index in [9.17, 15) is 18.3 Å². The fourth-order valence-corrected chi connectivity index (χ4v) is 4.53. The van der Waals surface area contributed by atoms with Gasteiger partial charge in [0.2, 0.25) is 0 Å². The number of benzene rings is 1. The minimum atomic E-state index is -4.85. The van der Waals surface area contributed by atoms with E-state index in [1.165, 1.54) is 23.5 Å². The Morgan fingerprint density at radius 2 is 2.00 bits per heavy atom. The number of alkyl halides is 3. The van der Waals surface area contributed by atoms with Crippen LogP contribution in [0.5, 0.6) is 0 Å². The topological polar surface area (TPSA) is 74.4 Å². The van der Waals surface area contributed by atoms with Crippen LogP contribution >= 0.6 is 11.3 Å². The molecule has 3 fully saturated rings. The molecule has 3 unspecified atom stereocenters. The Balaban J connectivity index is 1.68. The molecule has 3 saturated heterocycles. The smallest absolute Gasteiger partial charge is 0.421 e. The summed E-state index contributed by atoms with van der Waals surface area (Å²) in [5.74, 6) is 0. The van der Waals surface area contributed by atoms with Gasteiger partial charge in [-0.2, -0.15) is 18.2 Å². The molecule has 0 saturated carbocycles. The Bertz CT molecular complexity index is 1020. The van der Waals surface area contributed by atoms with Gasteiger partial charge in [-0.05, 0) is 19.4 Å². The number of piperazine rings is 1. The monoisotopic (exact) mass is 410 g/mol. The number of rotatable bonds is 3. The van der Waals surface area contributed by atoms with E-state index in [0.717, 1.165) is 13.3 Å². The van der Waals surface area contributed by atoms with Gasteiger partial charge < -0.3 is 19.7 Å². The number of aliphatic hydroxyl groups is 1. The van der Waals surface area contributed by atoms with Gasteiger partial charge in [0.15, 0.2) is 11.2 Å². The molecule has 2 aromatic heterocycles. The predicted octanol–water partition coefficient (Wildman–Crippen LogP) is 3.27. The van der Waals surface area contributed by atoms with Crippen molar-refractivity contribution < 1.29 is 22.7 Å². The lowest BCUT2D eigenvalue weighted by atomic mass is 9.92. The maximum Gasteiger partial charge on any atom is 0.421 e. The Morgan fingerprint density at radius 3 is 2.61 bits per heavy atom. The van der Waals surface area contributed by atoms with Crippen LogP contribution in [-0.2, 0) is 5.60 Å². The molecule has 3 atom stereocenters. The fraction of sp³-hybridized carbons (Fsp3) is 0.444. The average molecular weight is 410 g/mol. The van der Waals surface area contributed by atoms with E-state index in [1.54, 1.807) is 11.6 Å². The summed E-state index contributed by atoms with van der Waals surface area (Å²) in [5, 5.41) is 16.1. The molecule has 6 nitrogen and oxygen atoms in total. The van der Waals surface area contributed by atoms with Gasteiger partial charge in [0, 0.05) is 42.3 Å². The van der Waals surface area contributed by atoms with Gasteiger partial charge >= 0.3 is 6.18 Å². The molecular formula is C18H17F3N4O2S. The maximum atomic E-state index is 13.5. The normalized spacial score (nSPS) is 24.2. The number of thiazole rings is 1. The summed E-state index contributed by atoms with van der Waals surface area (Å²) in [4.78, 5) is 10.6. The van der Waals surface area contributed by atoms with Crippen LogP contribution in [0.2, 0.25) is 0 Å². The highest BCUT2D eigenvalue weighted by Crippen LogP contribution is 2.44. The molecule has 10 heteroatoms. The number of hydrogen-bond donors (Lipinski definition) is 2. The maximum absolute atomic E-state index is 13.5. The van der Waals surface area contributed by atoms with Crippen LogP contribution in [-0.4, -0.2) is 46.4 Å². The lowest BCUT2D eigenvalue weighted by Crippen LogP contribution is -2.67. The molecule has 3 aromatic rings. The Hall–Kier alpha value is -2.17. The molecule has 5 heterocycles. The van der Waals surface area contributed by atoms with Gasteiger partial charge in [0.25, 0.3) is 6.01 Å². The zero-order chi connectivity index (χ0) is 19.7. The minimum absolute atomic E-state index is 0.0113. The molecule has 148 valence electrons. The number of fused-ring (bicyclic) bond motifs is 3. The second kappa shape index (κ2) is 5.91. The van der Waals surface area contributed by atoms with Crippen molar-refractivity contribution in [2.75, 3.05) is 18.0 Å². The summed E-state index contributed by atoms with van der Waals surface area (Å²) >= 11 is 1.35. The first kappa shape index (κ1) is 17.9. The zero-order valence-corrected chi connectivity index (χ0v) is 15.6. The molecule has 6 rings (SSSR count). The van der Waals surface area contributed by atoms with E-state index in [4.69, 9.17) is 4.42 Å². The highest BCUT2D eigenvalue weighted by Gasteiger charge is 2.52. The number of piperidine rings is 1. The number of nitrogens with zero attached hydrogens (tertiary/aromatic N) is 3. The molecular weight excluding hydrogens is 393 g/mol. The van der Waals surface area contributed by atoms with E-state index >= 15 is 0 Å². The molecule has 3 aliphatic rings. The number of hydrogen-bond acceptors (Lipinski definition) is 7. The fourth-order valence-electron chi connectivity index (χ4n) is 3.87. The molecule has 3 aliphatic heterocycles. The summed E-state index contributed by atoms with van der Waals surface area (Å²) in [6.07, 6.45) is -2.15. The summed E-state index contributed by atoms with van der Waals surface area (Å²) in [5.41, 5.74) is -2.60. The molecule has 2 N–H and O–H groups in total. The van der Waals surface area contributed by atoms with Crippen molar-refractivity contribution in [3.8, 4) is 10.6 Å². The highest BCUT2D eigenvalue weighted by molar-refractivity contribution is 7.13. The van der Waals surface area contributed by atoms with Gasteiger partial charge in [-0.3, -0.25) is 0 Å². The molecule has 0 radical (unpaired) electrons. The van der Waals surface area contributed by atoms with Crippen LogP contribution in [0.25, 0.3) is 21.7 Å². The van der Waals surface area contributed by atoms with Crippen LogP contribution in [0.4, 0.5) is 19.2 Å². The summed E-state index contributed by atoms with van der Waals surface area (Å²) in [7, 11) is 0. The second-order valence-electron chi connectivity index (χ2n) is 7.44. The summed E-state index contributed by atoms with van der Waals surface area (Å²) < 4.78 is 46.5. The van der Waals surface area contributed by atoms with E-state index in [2.05, 4.69) is 15.3 Å². The van der Waals surface area contributed by atoms with Gasteiger partial charge in [-0.15, -0.1) is 11.3 Å². The molecule has 2 bridgehead atoms. The predicted molar refractivity (Wildman–Crippen MR) is 98.3 cm³/mol. The van der Waals surface area contributed by atoms with Crippen molar-refractivity contribution in [3.05, 3.63) is 29.3 Å². The van der Waals surface area contributed by atoms with E-state index in [0.29, 0.717) is 35.7 Å². The number of aromatic nitrogens is 2. The van der Waals surface area contributed by atoms with Gasteiger partial charge in [-0.1, -0.05) is 6.07 Å². The SMILES string of the molecule is CC(O)(c1ccc(-c2nccs2)c2oc(N3CC4CC(C3)N4)nc12)C(F)(F)F. The Labute approximate surface area is 162 Å². The molecule has 0 amide bonds. The van der Waals surface area contributed by atoms with Crippen molar-refractivity contribution in [3.63, 3.8) is 0 Å². The largest absolute Gasteiger partial charge is 0.423 e. The number of oxazole rings is 1. The van der Waals surface area contributed by atoms with Crippen LogP contribution in [0.15, 0.2) is 28.1 Å². The minimum Gasteiger partial charge on any atom is -0.423 e. The van der Waals surface area contributed by atoms with Gasteiger partial charge in [0.1, 0.15) is 10.5 Å². The lowest BCUT2D eigenvalue weighted by molar-refractivity contribution is -0.258. The van der Waals surface area contributed by atoms with Crippen molar-refractivity contribution in [1.29, 1.82) is 0 Å². The highest BCUT2D eigenvalue weighted by atomic mass is 32.1. The first-order valence-corrected chi connectivity index (χ1v) is 9.76. The van der Waals surface area contributed by atoms with Crippen LogP contribution < -0.4 is 10.2 Å². The van der Waals surface area contributed by atoms with Crippen molar-refractivity contribution >= 4 is 28.5 Å². The standard InChI is InChI=1S/C18H17F3N4O2S/c1-17(26,18(19,20)21)12-3-2-11(15-22-4-5-28-15)14-13(12)24-16(27-14)25-7-9-6-10(8-25)23-9/h2-5,9-10,23,26H,6-8H2,1H3. The van der Waals surface area contributed by atoms with E-state index in [-0.39, 0.29) is 22.7 Å². The number of nitrogens with one attached hydrogen (secondary N) is 1. The second-order valence-corrected chi connectivity index (χ2v) is 8.34. The third-order valence-corrected chi connectivity index (χ3v) is 6.27. The summed E-state index contributed by atoms with van der Waals surface area (Å²) in [6.45, 7) is 2.10. The molecule has 0 aliphatic carbocycles. The summed E-state index contributed by atoms with van der Waals surface area (Å²) in [6, 6.07) is 3.71. The molecule has 28 heavy (non-hydrogen) atoms. The number of halogens is 3. The number of anilines is 1.